The third-order valence-electron chi connectivity index (χ3n) is 3.01. The number of benzene rings is 2. The summed E-state index contributed by atoms with van der Waals surface area (Å²) in [6.45, 7) is 0. The van der Waals surface area contributed by atoms with Crippen LogP contribution in [-0.4, -0.2) is 12.2 Å². The van der Waals surface area contributed by atoms with Crippen LogP contribution in [0.5, 0.6) is 5.75 Å². The summed E-state index contributed by atoms with van der Waals surface area (Å²) in [7, 11) is 1.57. The number of aliphatic hydroxyl groups is 1. The lowest BCUT2D eigenvalue weighted by molar-refractivity contribution is 0.177. The second-order valence-corrected chi connectivity index (χ2v) is 5.59. The van der Waals surface area contributed by atoms with E-state index in [2.05, 4.69) is 15.9 Å². The average Bonchev–Trinajstić information content (AvgIpc) is 2.43. The predicted octanol–water partition coefficient (Wildman–Crippen LogP) is 4.53. The van der Waals surface area contributed by atoms with Crippen molar-refractivity contribution in [1.29, 1.82) is 0 Å². The van der Waals surface area contributed by atoms with Crippen molar-refractivity contribution in [3.05, 3.63) is 62.8 Å². The zero-order chi connectivity index (χ0) is 14.7. The van der Waals surface area contributed by atoms with Gasteiger partial charge in [0.1, 0.15) is 11.6 Å². The van der Waals surface area contributed by atoms with Crippen molar-refractivity contribution >= 4 is 27.5 Å². The molecule has 0 heterocycles. The van der Waals surface area contributed by atoms with Gasteiger partial charge in [-0.25, -0.2) is 4.39 Å². The molecule has 0 aliphatic rings. The van der Waals surface area contributed by atoms with Crippen LogP contribution >= 0.6 is 27.5 Å². The molecule has 5 heteroatoms. The quantitative estimate of drug-likeness (QED) is 0.869. The first kappa shape index (κ1) is 15.3. The van der Waals surface area contributed by atoms with E-state index < -0.39 is 11.9 Å². The zero-order valence-corrected chi connectivity index (χ0v) is 13.1. The van der Waals surface area contributed by atoms with Gasteiger partial charge in [0.15, 0.2) is 0 Å². The maximum absolute atomic E-state index is 13.8. The van der Waals surface area contributed by atoms with Gasteiger partial charge in [-0.1, -0.05) is 29.8 Å². The first-order valence-electron chi connectivity index (χ1n) is 5.97. The standard InChI is InChI=1S/C15H13BrClFO2/c1-20-14-6-5-9(7-11(14)16)13(19)8-10-3-2-4-12(17)15(10)18/h2-7,13,19H,8H2,1H3. The van der Waals surface area contributed by atoms with Gasteiger partial charge in [-0.3, -0.25) is 0 Å². The molecule has 20 heavy (non-hydrogen) atoms. The highest BCUT2D eigenvalue weighted by Gasteiger charge is 2.14. The minimum Gasteiger partial charge on any atom is -0.496 e. The molecule has 2 aromatic rings. The van der Waals surface area contributed by atoms with Crippen LogP contribution in [0.4, 0.5) is 4.39 Å². The molecular weight excluding hydrogens is 347 g/mol. The number of hydrogen-bond acceptors (Lipinski definition) is 2. The molecule has 2 aromatic carbocycles. The maximum Gasteiger partial charge on any atom is 0.145 e. The van der Waals surface area contributed by atoms with Crippen LogP contribution in [0.1, 0.15) is 17.2 Å². The Morgan fingerprint density at radius 1 is 1.35 bits per heavy atom. The van der Waals surface area contributed by atoms with E-state index in [1.54, 1.807) is 37.4 Å². The van der Waals surface area contributed by atoms with Gasteiger partial charge in [-0.05, 0) is 45.3 Å². The zero-order valence-electron chi connectivity index (χ0n) is 10.7. The lowest BCUT2D eigenvalue weighted by atomic mass is 10.0. The number of aliphatic hydroxyl groups excluding tert-OH is 1. The summed E-state index contributed by atoms with van der Waals surface area (Å²) in [6.07, 6.45) is -0.657. The van der Waals surface area contributed by atoms with Crippen molar-refractivity contribution < 1.29 is 14.2 Å². The van der Waals surface area contributed by atoms with Crippen LogP contribution in [0.3, 0.4) is 0 Å². The second kappa shape index (κ2) is 6.57. The topological polar surface area (TPSA) is 29.5 Å². The summed E-state index contributed by atoms with van der Waals surface area (Å²) in [6, 6.07) is 10.0. The van der Waals surface area contributed by atoms with E-state index in [0.717, 1.165) is 4.47 Å². The fourth-order valence-corrected chi connectivity index (χ4v) is 2.67. The molecule has 0 fully saturated rings. The molecule has 1 unspecified atom stereocenters. The average molecular weight is 360 g/mol. The molecule has 0 amide bonds. The highest BCUT2D eigenvalue weighted by molar-refractivity contribution is 9.10. The lowest BCUT2D eigenvalue weighted by Crippen LogP contribution is -2.04. The molecule has 2 nitrogen and oxygen atoms in total. The Bertz CT molecular complexity index is 619. The third kappa shape index (κ3) is 3.32. The van der Waals surface area contributed by atoms with Crippen LogP contribution in [-0.2, 0) is 6.42 Å². The number of methoxy groups -OCH3 is 1. The highest BCUT2D eigenvalue weighted by Crippen LogP contribution is 2.30. The summed E-state index contributed by atoms with van der Waals surface area (Å²) in [5, 5.41) is 10.3. The first-order valence-corrected chi connectivity index (χ1v) is 7.14. The molecular formula is C15H13BrClFO2. The Balaban J connectivity index is 2.21. The molecule has 0 spiro atoms. The van der Waals surface area contributed by atoms with Gasteiger partial charge < -0.3 is 9.84 Å². The van der Waals surface area contributed by atoms with E-state index in [0.29, 0.717) is 16.9 Å². The highest BCUT2D eigenvalue weighted by atomic mass is 79.9. The number of halogens is 3. The predicted molar refractivity (Wildman–Crippen MR) is 80.8 cm³/mol. The molecule has 0 bridgehead atoms. The molecule has 1 atom stereocenters. The Kier molecular flexibility index (Phi) is 5.02. The molecule has 0 saturated heterocycles. The fraction of sp³-hybridized carbons (Fsp3) is 0.200. The normalized spacial score (nSPS) is 12.2. The van der Waals surface area contributed by atoms with E-state index in [9.17, 15) is 9.50 Å². The van der Waals surface area contributed by atoms with Gasteiger partial charge in [0.25, 0.3) is 0 Å². The fourth-order valence-electron chi connectivity index (χ4n) is 1.92. The monoisotopic (exact) mass is 358 g/mol. The summed E-state index contributed by atoms with van der Waals surface area (Å²) < 4.78 is 19.7. The first-order chi connectivity index (χ1) is 9.52. The van der Waals surface area contributed by atoms with Crippen LogP contribution in [0.15, 0.2) is 40.9 Å². The summed E-state index contributed by atoms with van der Waals surface area (Å²) >= 11 is 9.08. The number of hydrogen-bond donors (Lipinski definition) is 1. The van der Waals surface area contributed by atoms with E-state index in [1.165, 1.54) is 6.07 Å². The molecule has 0 saturated carbocycles. The van der Waals surface area contributed by atoms with Crippen molar-refractivity contribution in [3.63, 3.8) is 0 Å². The number of ether oxygens (including phenoxy) is 1. The summed E-state index contributed by atoms with van der Waals surface area (Å²) in [5.41, 5.74) is 1.06. The van der Waals surface area contributed by atoms with Gasteiger partial charge in [-0.15, -0.1) is 0 Å². The van der Waals surface area contributed by atoms with Crippen LogP contribution < -0.4 is 4.74 Å². The van der Waals surface area contributed by atoms with Crippen molar-refractivity contribution in [2.75, 3.05) is 7.11 Å². The van der Waals surface area contributed by atoms with Gasteiger partial charge in [0, 0.05) is 6.42 Å². The largest absolute Gasteiger partial charge is 0.496 e. The van der Waals surface area contributed by atoms with Gasteiger partial charge >= 0.3 is 0 Å². The van der Waals surface area contributed by atoms with Crippen LogP contribution in [0.2, 0.25) is 5.02 Å². The van der Waals surface area contributed by atoms with Crippen molar-refractivity contribution in [1.82, 2.24) is 0 Å². The maximum atomic E-state index is 13.8. The SMILES string of the molecule is COc1ccc(C(O)Cc2cccc(Cl)c2F)cc1Br. The summed E-state index contributed by atoms with van der Waals surface area (Å²) in [4.78, 5) is 0. The van der Waals surface area contributed by atoms with Crippen molar-refractivity contribution in [2.24, 2.45) is 0 Å². The molecule has 106 valence electrons. The smallest absolute Gasteiger partial charge is 0.145 e. The van der Waals surface area contributed by atoms with E-state index >= 15 is 0 Å². The minimum absolute atomic E-state index is 0.0608. The van der Waals surface area contributed by atoms with Gasteiger partial charge in [0.2, 0.25) is 0 Å². The molecule has 2 rings (SSSR count). The lowest BCUT2D eigenvalue weighted by Gasteiger charge is -2.13. The van der Waals surface area contributed by atoms with E-state index in [-0.39, 0.29) is 11.4 Å². The Morgan fingerprint density at radius 2 is 2.10 bits per heavy atom. The van der Waals surface area contributed by atoms with Crippen LogP contribution in [0, 0.1) is 5.82 Å². The molecule has 0 aromatic heterocycles. The van der Waals surface area contributed by atoms with Crippen molar-refractivity contribution in [2.45, 2.75) is 12.5 Å². The molecule has 0 aliphatic carbocycles. The van der Waals surface area contributed by atoms with Crippen LogP contribution in [0.25, 0.3) is 0 Å². The molecule has 0 aliphatic heterocycles. The van der Waals surface area contributed by atoms with Gasteiger partial charge in [0.05, 0.1) is 22.7 Å². The van der Waals surface area contributed by atoms with Crippen molar-refractivity contribution in [3.8, 4) is 5.75 Å². The Hall–Kier alpha value is -1.10. The second-order valence-electron chi connectivity index (χ2n) is 4.33. The van der Waals surface area contributed by atoms with E-state index in [4.69, 9.17) is 16.3 Å². The Labute approximate surface area is 130 Å². The summed E-state index contributed by atoms with van der Waals surface area (Å²) in [5.74, 6) is 0.190. The van der Waals surface area contributed by atoms with Gasteiger partial charge in [-0.2, -0.15) is 0 Å². The minimum atomic E-state index is -0.815. The Morgan fingerprint density at radius 3 is 2.75 bits per heavy atom. The number of rotatable bonds is 4. The molecule has 1 N–H and O–H groups in total. The van der Waals surface area contributed by atoms with E-state index in [1.807, 2.05) is 0 Å². The molecule has 0 radical (unpaired) electrons. The third-order valence-corrected chi connectivity index (χ3v) is 3.92.